The fraction of sp³-hybridized carbons (Fsp3) is 0.0667. The molecule has 0 atom stereocenters. The number of carbonyl (C=O) groups excluding carboxylic acids is 1. The van der Waals surface area contributed by atoms with Gasteiger partial charge in [0.1, 0.15) is 0 Å². The number of hydrogen-bond acceptors (Lipinski definition) is 4. The highest BCUT2D eigenvalue weighted by Crippen LogP contribution is 2.26. The van der Waals surface area contributed by atoms with Crippen molar-refractivity contribution in [2.45, 2.75) is 6.92 Å². The average Bonchev–Trinajstić information content (AvgIpc) is 2.50. The quantitative estimate of drug-likeness (QED) is 0.437. The van der Waals surface area contributed by atoms with Crippen molar-refractivity contribution in [1.29, 1.82) is 0 Å². The molecule has 0 spiro atoms. The maximum Gasteiger partial charge on any atom is 0.337 e. The number of nitrogens with one attached hydrogen (secondary N) is 2. The third kappa shape index (κ3) is 4.23. The molecule has 3 N–H and O–H groups in total. The van der Waals surface area contributed by atoms with E-state index in [9.17, 15) is 14.7 Å². The Morgan fingerprint density at radius 2 is 1.78 bits per heavy atom. The maximum absolute atomic E-state index is 11.3. The number of carboxylic acids is 1. The van der Waals surface area contributed by atoms with E-state index in [1.54, 1.807) is 24.3 Å². The number of benzene rings is 2. The highest BCUT2D eigenvalue weighted by molar-refractivity contribution is 5.96. The van der Waals surface area contributed by atoms with Crippen LogP contribution < -0.4 is 10.6 Å². The molecular weight excluding hydrogens is 298 g/mol. The Hall–Kier alpha value is -3.51. The lowest BCUT2D eigenvalue weighted by Crippen LogP contribution is -2.05. The summed E-state index contributed by atoms with van der Waals surface area (Å²) in [7, 11) is 0. The Balaban J connectivity index is 2.26. The second-order valence-corrected chi connectivity index (χ2v) is 4.61. The Bertz CT molecular complexity index is 795. The van der Waals surface area contributed by atoms with Crippen LogP contribution in [0.25, 0.3) is 10.4 Å². The topological polar surface area (TPSA) is 127 Å². The number of azide groups is 1. The molecule has 2 aromatic rings. The zero-order valence-corrected chi connectivity index (χ0v) is 12.1. The zero-order valence-electron chi connectivity index (χ0n) is 12.1. The summed E-state index contributed by atoms with van der Waals surface area (Å²) < 4.78 is 0. The van der Waals surface area contributed by atoms with Gasteiger partial charge in [0, 0.05) is 28.9 Å². The molecule has 0 saturated heterocycles. The first-order valence-electron chi connectivity index (χ1n) is 6.56. The van der Waals surface area contributed by atoms with Crippen LogP contribution >= 0.6 is 0 Å². The number of aromatic carboxylic acids is 1. The van der Waals surface area contributed by atoms with E-state index in [4.69, 9.17) is 5.53 Å². The van der Waals surface area contributed by atoms with E-state index in [1.807, 2.05) is 0 Å². The van der Waals surface area contributed by atoms with Crippen molar-refractivity contribution in [2.75, 3.05) is 10.6 Å². The van der Waals surface area contributed by atoms with E-state index in [0.29, 0.717) is 17.1 Å². The third-order valence-electron chi connectivity index (χ3n) is 2.88. The van der Waals surface area contributed by atoms with Gasteiger partial charge < -0.3 is 15.7 Å². The number of hydrogen-bond donors (Lipinski definition) is 3. The minimum Gasteiger partial charge on any atom is -0.478 e. The minimum absolute atomic E-state index is 0.0131. The van der Waals surface area contributed by atoms with Gasteiger partial charge in [0.2, 0.25) is 5.91 Å². The van der Waals surface area contributed by atoms with Gasteiger partial charge in [-0.25, -0.2) is 4.79 Å². The molecule has 0 unspecified atom stereocenters. The normalized spacial score (nSPS) is 9.61. The predicted molar refractivity (Wildman–Crippen MR) is 86.2 cm³/mol. The van der Waals surface area contributed by atoms with Crippen molar-refractivity contribution in [3.63, 3.8) is 0 Å². The highest BCUT2D eigenvalue weighted by Gasteiger charge is 2.11. The number of amides is 1. The summed E-state index contributed by atoms with van der Waals surface area (Å²) in [5.74, 6) is -1.31. The molecule has 8 heteroatoms. The first-order chi connectivity index (χ1) is 11.0. The van der Waals surface area contributed by atoms with Gasteiger partial charge in [-0.1, -0.05) is 11.2 Å². The van der Waals surface area contributed by atoms with Crippen LogP contribution in [0, 0.1) is 0 Å². The van der Waals surface area contributed by atoms with Gasteiger partial charge in [-0.2, -0.15) is 0 Å². The van der Waals surface area contributed by atoms with E-state index >= 15 is 0 Å². The molecule has 0 aliphatic rings. The molecule has 8 nitrogen and oxygen atoms in total. The molecule has 2 rings (SSSR count). The Kier molecular flexibility index (Phi) is 4.81. The summed E-state index contributed by atoms with van der Waals surface area (Å²) in [5.41, 5.74) is 10.3. The van der Waals surface area contributed by atoms with Crippen molar-refractivity contribution >= 4 is 34.6 Å². The molecule has 0 aliphatic carbocycles. The van der Waals surface area contributed by atoms with Crippen LogP contribution in [0.15, 0.2) is 47.6 Å². The first kappa shape index (κ1) is 15.9. The van der Waals surface area contributed by atoms with Gasteiger partial charge in [-0.15, -0.1) is 0 Å². The van der Waals surface area contributed by atoms with Gasteiger partial charge in [0.05, 0.1) is 11.3 Å². The van der Waals surface area contributed by atoms with Gasteiger partial charge in [0.15, 0.2) is 0 Å². The molecule has 0 bridgehead atoms. The minimum atomic E-state index is -1.14. The second kappa shape index (κ2) is 6.97. The monoisotopic (exact) mass is 311 g/mol. The van der Waals surface area contributed by atoms with Crippen LogP contribution in [-0.4, -0.2) is 17.0 Å². The molecule has 116 valence electrons. The van der Waals surface area contributed by atoms with Crippen LogP contribution in [0.2, 0.25) is 0 Å². The van der Waals surface area contributed by atoms with Gasteiger partial charge in [0.25, 0.3) is 0 Å². The molecule has 0 radical (unpaired) electrons. The molecule has 0 aromatic heterocycles. The summed E-state index contributed by atoms with van der Waals surface area (Å²) >= 11 is 0. The van der Waals surface area contributed by atoms with Crippen molar-refractivity contribution < 1.29 is 14.7 Å². The predicted octanol–water partition coefficient (Wildman–Crippen LogP) is 4.03. The lowest BCUT2D eigenvalue weighted by molar-refractivity contribution is -0.114. The van der Waals surface area contributed by atoms with Crippen LogP contribution in [0.5, 0.6) is 0 Å². The standard InChI is InChI=1S/C15H13N5O3/c1-9(21)17-10-2-4-11(5-3-10)18-14-7-6-12(19-20-16)8-13(14)15(22)23/h2-8,18H,1H3,(H,17,21)(H,22,23). The molecule has 23 heavy (non-hydrogen) atoms. The van der Waals surface area contributed by atoms with Crippen LogP contribution in [-0.2, 0) is 4.79 Å². The van der Waals surface area contributed by atoms with Crippen LogP contribution in [0.3, 0.4) is 0 Å². The van der Waals surface area contributed by atoms with Crippen molar-refractivity contribution in [3.8, 4) is 0 Å². The number of carbonyl (C=O) groups is 2. The van der Waals surface area contributed by atoms with Crippen molar-refractivity contribution in [3.05, 3.63) is 58.5 Å². The Morgan fingerprint density at radius 1 is 1.13 bits per heavy atom. The molecule has 1 amide bonds. The summed E-state index contributed by atoms with van der Waals surface area (Å²) in [6, 6.07) is 11.1. The summed E-state index contributed by atoms with van der Waals surface area (Å²) in [6.07, 6.45) is 0. The Morgan fingerprint density at radius 3 is 2.35 bits per heavy atom. The lowest BCUT2D eigenvalue weighted by atomic mass is 10.1. The summed E-state index contributed by atoms with van der Waals surface area (Å²) in [6.45, 7) is 1.41. The number of anilines is 3. The average molecular weight is 311 g/mol. The first-order valence-corrected chi connectivity index (χ1v) is 6.56. The molecule has 0 fully saturated rings. The fourth-order valence-electron chi connectivity index (χ4n) is 1.93. The molecular formula is C15H13N5O3. The molecule has 0 saturated carbocycles. The number of rotatable bonds is 5. The molecule has 2 aromatic carbocycles. The van der Waals surface area contributed by atoms with Crippen LogP contribution in [0.4, 0.5) is 22.7 Å². The third-order valence-corrected chi connectivity index (χ3v) is 2.88. The zero-order chi connectivity index (χ0) is 16.8. The maximum atomic E-state index is 11.3. The lowest BCUT2D eigenvalue weighted by Gasteiger charge is -2.11. The smallest absolute Gasteiger partial charge is 0.337 e. The van der Waals surface area contributed by atoms with Crippen molar-refractivity contribution in [1.82, 2.24) is 0 Å². The summed E-state index contributed by atoms with van der Waals surface area (Å²) in [5, 5.41) is 18.3. The van der Waals surface area contributed by atoms with Gasteiger partial charge >= 0.3 is 5.97 Å². The van der Waals surface area contributed by atoms with E-state index in [2.05, 4.69) is 20.7 Å². The van der Waals surface area contributed by atoms with E-state index in [0.717, 1.165) is 0 Å². The van der Waals surface area contributed by atoms with Gasteiger partial charge in [-0.05, 0) is 41.9 Å². The largest absolute Gasteiger partial charge is 0.478 e. The Labute approximate surface area is 131 Å². The second-order valence-electron chi connectivity index (χ2n) is 4.61. The molecule has 0 aliphatic heterocycles. The van der Waals surface area contributed by atoms with Crippen molar-refractivity contribution in [2.24, 2.45) is 5.11 Å². The fourth-order valence-corrected chi connectivity index (χ4v) is 1.93. The number of carboxylic acid groups (broad SMARTS) is 1. The SMILES string of the molecule is CC(=O)Nc1ccc(Nc2ccc(N=[N+]=[N-])cc2C(=O)O)cc1. The molecule has 0 heterocycles. The van der Waals surface area contributed by atoms with Gasteiger partial charge in [-0.3, -0.25) is 4.79 Å². The van der Waals surface area contributed by atoms with E-state index in [1.165, 1.54) is 25.1 Å². The van der Waals surface area contributed by atoms with E-state index in [-0.39, 0.29) is 17.2 Å². The highest BCUT2D eigenvalue weighted by atomic mass is 16.4. The van der Waals surface area contributed by atoms with Crippen LogP contribution in [0.1, 0.15) is 17.3 Å². The van der Waals surface area contributed by atoms with E-state index < -0.39 is 5.97 Å². The summed E-state index contributed by atoms with van der Waals surface area (Å²) in [4.78, 5) is 24.9. The number of nitrogens with zero attached hydrogens (tertiary/aromatic N) is 3.